The van der Waals surface area contributed by atoms with Crippen LogP contribution in [-0.4, -0.2) is 6.61 Å². The molecule has 0 saturated heterocycles. The minimum absolute atomic E-state index is 0.484. The van der Waals surface area contributed by atoms with Gasteiger partial charge in [0.1, 0.15) is 5.75 Å². The summed E-state index contributed by atoms with van der Waals surface area (Å²) in [5.41, 5.74) is 3.93. The number of hydrogen-bond donors (Lipinski definition) is 0. The molecule has 1 rings (SSSR count). The molecule has 1 atom stereocenters. The van der Waals surface area contributed by atoms with Crippen molar-refractivity contribution >= 4 is 0 Å². The molecule has 1 heteroatoms. The Hall–Kier alpha value is -1.42. The second-order valence-corrected chi connectivity index (χ2v) is 5.14. The second kappa shape index (κ2) is 7.89. The van der Waals surface area contributed by atoms with Crippen molar-refractivity contribution in [2.24, 2.45) is 0 Å². The lowest BCUT2D eigenvalue weighted by atomic mass is 9.92. The fourth-order valence-electron chi connectivity index (χ4n) is 2.17. The Morgan fingerprint density at radius 3 is 2.47 bits per heavy atom. The topological polar surface area (TPSA) is 9.23 Å². The predicted molar refractivity (Wildman–Crippen MR) is 82.8 cm³/mol. The summed E-state index contributed by atoms with van der Waals surface area (Å²) >= 11 is 0. The van der Waals surface area contributed by atoms with Crippen LogP contribution in [0.1, 0.15) is 62.6 Å². The van der Waals surface area contributed by atoms with Gasteiger partial charge >= 0.3 is 0 Å². The van der Waals surface area contributed by atoms with Crippen molar-refractivity contribution in [3.8, 4) is 17.6 Å². The fraction of sp³-hybridized carbons (Fsp3) is 0.556. The summed E-state index contributed by atoms with van der Waals surface area (Å²) in [5.74, 6) is 7.90. The van der Waals surface area contributed by atoms with E-state index in [-0.39, 0.29) is 0 Å². The standard InChI is InChI=1S/C18H26O/c1-6-8-9-10-14(3)17-12-16(5)18(13-15(17)4)19-11-7-2/h12-14H,6-7,10-11H2,1-5H3. The van der Waals surface area contributed by atoms with Gasteiger partial charge in [-0.25, -0.2) is 0 Å². The number of ether oxygens (including phenoxy) is 1. The molecule has 1 unspecified atom stereocenters. The van der Waals surface area contributed by atoms with Gasteiger partial charge in [0.2, 0.25) is 0 Å². The third kappa shape index (κ3) is 4.63. The van der Waals surface area contributed by atoms with Gasteiger partial charge in [-0.2, -0.15) is 0 Å². The average Bonchev–Trinajstić information content (AvgIpc) is 2.39. The van der Waals surface area contributed by atoms with Crippen LogP contribution >= 0.6 is 0 Å². The first-order valence-electron chi connectivity index (χ1n) is 7.29. The van der Waals surface area contributed by atoms with Crippen LogP contribution in [0.15, 0.2) is 12.1 Å². The number of rotatable bonds is 5. The van der Waals surface area contributed by atoms with Crippen LogP contribution < -0.4 is 4.74 Å². The summed E-state index contributed by atoms with van der Waals surface area (Å²) in [6.45, 7) is 11.5. The SMILES string of the molecule is CCC#CCC(C)c1cc(C)c(OCCC)cc1C. The molecule has 0 aliphatic carbocycles. The van der Waals surface area contributed by atoms with Gasteiger partial charge in [0.05, 0.1) is 6.61 Å². The average molecular weight is 258 g/mol. The van der Waals surface area contributed by atoms with Crippen LogP contribution in [-0.2, 0) is 0 Å². The lowest BCUT2D eigenvalue weighted by Gasteiger charge is -2.16. The first-order chi connectivity index (χ1) is 9.10. The highest BCUT2D eigenvalue weighted by Crippen LogP contribution is 2.29. The Kier molecular flexibility index (Phi) is 6.50. The summed E-state index contributed by atoms with van der Waals surface area (Å²) < 4.78 is 5.77. The van der Waals surface area contributed by atoms with E-state index in [9.17, 15) is 0 Å². The van der Waals surface area contributed by atoms with Gasteiger partial charge < -0.3 is 4.74 Å². The maximum Gasteiger partial charge on any atom is 0.122 e. The van der Waals surface area contributed by atoms with Gasteiger partial charge in [-0.15, -0.1) is 11.8 Å². The number of aryl methyl sites for hydroxylation is 2. The van der Waals surface area contributed by atoms with Gasteiger partial charge in [-0.1, -0.05) is 26.8 Å². The molecule has 0 radical (unpaired) electrons. The van der Waals surface area contributed by atoms with Crippen molar-refractivity contribution in [3.05, 3.63) is 28.8 Å². The third-order valence-corrected chi connectivity index (χ3v) is 3.27. The molecular formula is C18H26O. The smallest absolute Gasteiger partial charge is 0.122 e. The summed E-state index contributed by atoms with van der Waals surface area (Å²) in [5, 5.41) is 0. The summed E-state index contributed by atoms with van der Waals surface area (Å²) in [7, 11) is 0. The van der Waals surface area contributed by atoms with Crippen molar-refractivity contribution in [2.75, 3.05) is 6.61 Å². The van der Waals surface area contributed by atoms with E-state index in [0.717, 1.165) is 31.6 Å². The summed E-state index contributed by atoms with van der Waals surface area (Å²) in [6, 6.07) is 4.43. The van der Waals surface area contributed by atoms with Crippen LogP contribution in [0.3, 0.4) is 0 Å². The van der Waals surface area contributed by atoms with E-state index in [0.29, 0.717) is 5.92 Å². The lowest BCUT2D eigenvalue weighted by molar-refractivity contribution is 0.315. The van der Waals surface area contributed by atoms with E-state index in [4.69, 9.17) is 4.74 Å². The van der Waals surface area contributed by atoms with Crippen LogP contribution in [0, 0.1) is 25.7 Å². The quantitative estimate of drug-likeness (QED) is 0.675. The maximum atomic E-state index is 5.77. The molecule has 0 bridgehead atoms. The minimum atomic E-state index is 0.484. The molecular weight excluding hydrogens is 232 g/mol. The highest BCUT2D eigenvalue weighted by atomic mass is 16.5. The van der Waals surface area contributed by atoms with Crippen molar-refractivity contribution in [2.45, 2.75) is 59.8 Å². The molecule has 104 valence electrons. The predicted octanol–water partition coefficient (Wildman–Crippen LogP) is 5.00. The largest absolute Gasteiger partial charge is 0.493 e. The van der Waals surface area contributed by atoms with Crippen molar-refractivity contribution in [1.82, 2.24) is 0 Å². The first-order valence-corrected chi connectivity index (χ1v) is 7.29. The molecule has 0 aromatic heterocycles. The zero-order chi connectivity index (χ0) is 14.3. The molecule has 1 nitrogen and oxygen atoms in total. The molecule has 0 N–H and O–H groups in total. The lowest BCUT2D eigenvalue weighted by Crippen LogP contribution is -2.01. The minimum Gasteiger partial charge on any atom is -0.493 e. The third-order valence-electron chi connectivity index (χ3n) is 3.27. The summed E-state index contributed by atoms with van der Waals surface area (Å²) in [6.07, 6.45) is 2.92. The van der Waals surface area contributed by atoms with Crippen LogP contribution in [0.5, 0.6) is 5.75 Å². The molecule has 0 saturated carbocycles. The molecule has 0 aliphatic rings. The van der Waals surface area contributed by atoms with E-state index in [1.807, 2.05) is 0 Å². The first kappa shape index (κ1) is 15.6. The fourth-order valence-corrected chi connectivity index (χ4v) is 2.17. The Balaban J connectivity index is 2.88. The van der Waals surface area contributed by atoms with Gasteiger partial charge in [0.25, 0.3) is 0 Å². The zero-order valence-electron chi connectivity index (χ0n) is 13.0. The van der Waals surface area contributed by atoms with Crippen LogP contribution in [0.25, 0.3) is 0 Å². The molecule has 0 amide bonds. The Morgan fingerprint density at radius 1 is 1.11 bits per heavy atom. The Morgan fingerprint density at radius 2 is 1.84 bits per heavy atom. The van der Waals surface area contributed by atoms with Crippen molar-refractivity contribution < 1.29 is 4.74 Å². The molecule has 1 aromatic carbocycles. The van der Waals surface area contributed by atoms with E-state index in [2.05, 4.69) is 58.6 Å². The molecule has 0 aliphatic heterocycles. The van der Waals surface area contributed by atoms with E-state index in [1.54, 1.807) is 0 Å². The van der Waals surface area contributed by atoms with E-state index < -0.39 is 0 Å². The molecule has 0 spiro atoms. The van der Waals surface area contributed by atoms with Gasteiger partial charge in [0.15, 0.2) is 0 Å². The number of benzene rings is 1. The second-order valence-electron chi connectivity index (χ2n) is 5.14. The molecule has 0 heterocycles. The maximum absolute atomic E-state index is 5.77. The van der Waals surface area contributed by atoms with Crippen molar-refractivity contribution in [3.63, 3.8) is 0 Å². The molecule has 19 heavy (non-hydrogen) atoms. The summed E-state index contributed by atoms with van der Waals surface area (Å²) in [4.78, 5) is 0. The number of hydrogen-bond acceptors (Lipinski definition) is 1. The highest BCUT2D eigenvalue weighted by Gasteiger charge is 2.11. The van der Waals surface area contributed by atoms with Gasteiger partial charge in [-0.05, 0) is 48.9 Å². The van der Waals surface area contributed by atoms with Crippen LogP contribution in [0.4, 0.5) is 0 Å². The monoisotopic (exact) mass is 258 g/mol. The van der Waals surface area contributed by atoms with Crippen LogP contribution in [0.2, 0.25) is 0 Å². The van der Waals surface area contributed by atoms with Gasteiger partial charge in [-0.3, -0.25) is 0 Å². The van der Waals surface area contributed by atoms with Gasteiger partial charge in [0, 0.05) is 12.8 Å². The highest BCUT2D eigenvalue weighted by molar-refractivity contribution is 5.43. The normalized spacial score (nSPS) is 11.6. The Bertz CT molecular complexity index is 463. The zero-order valence-corrected chi connectivity index (χ0v) is 13.0. The van der Waals surface area contributed by atoms with E-state index >= 15 is 0 Å². The van der Waals surface area contributed by atoms with Crippen molar-refractivity contribution in [1.29, 1.82) is 0 Å². The molecule has 0 fully saturated rings. The molecule has 1 aromatic rings. The van der Waals surface area contributed by atoms with E-state index in [1.165, 1.54) is 16.7 Å². The Labute approximate surface area is 118 Å².